The second-order valence-electron chi connectivity index (χ2n) is 6.78. The van der Waals surface area contributed by atoms with Crippen LogP contribution in [0.4, 0.5) is 0 Å². The molecule has 2 heterocycles. The summed E-state index contributed by atoms with van der Waals surface area (Å²) in [7, 11) is 1.78. The molecule has 1 aromatic heterocycles. The summed E-state index contributed by atoms with van der Waals surface area (Å²) in [4.78, 5) is 9.72. The van der Waals surface area contributed by atoms with E-state index in [1.807, 2.05) is 6.20 Å². The number of hydrogen-bond donors (Lipinski definition) is 0. The van der Waals surface area contributed by atoms with Gasteiger partial charge in [0.15, 0.2) is 0 Å². The number of piperazine rings is 1. The first-order valence-corrected chi connectivity index (χ1v) is 9.29. The highest BCUT2D eigenvalue weighted by Gasteiger charge is 2.26. The molecule has 0 aliphatic carbocycles. The van der Waals surface area contributed by atoms with Gasteiger partial charge in [-0.1, -0.05) is 37.3 Å². The maximum absolute atomic E-state index is 5.25. The number of methoxy groups -OCH3 is 1. The Morgan fingerprint density at radius 3 is 2.76 bits per heavy atom. The van der Waals surface area contributed by atoms with Crippen LogP contribution in [0.2, 0.25) is 0 Å². The number of imidazole rings is 1. The fraction of sp³-hybridized carbons (Fsp3) is 0.550. The normalized spacial score (nSPS) is 19.4. The number of benzene rings is 1. The lowest BCUT2D eigenvalue weighted by molar-refractivity contribution is 0.0451. The molecule has 1 aromatic carbocycles. The summed E-state index contributed by atoms with van der Waals surface area (Å²) in [6, 6.07) is 11.2. The summed E-state index contributed by atoms with van der Waals surface area (Å²) in [6.45, 7) is 9.27. The minimum Gasteiger partial charge on any atom is -0.383 e. The molecule has 0 bridgehead atoms. The molecule has 1 aliphatic rings. The van der Waals surface area contributed by atoms with E-state index >= 15 is 0 Å². The molecule has 1 fully saturated rings. The lowest BCUT2D eigenvalue weighted by Gasteiger charge is -2.41. The molecule has 0 amide bonds. The van der Waals surface area contributed by atoms with Gasteiger partial charge in [0.1, 0.15) is 5.82 Å². The number of nitrogens with zero attached hydrogens (tertiary/aromatic N) is 4. The topological polar surface area (TPSA) is 33.5 Å². The minimum absolute atomic E-state index is 0.612. The van der Waals surface area contributed by atoms with Crippen molar-refractivity contribution in [2.24, 2.45) is 0 Å². The number of hydrogen-bond acceptors (Lipinski definition) is 4. The van der Waals surface area contributed by atoms with Crippen molar-refractivity contribution in [2.45, 2.75) is 32.5 Å². The zero-order valence-corrected chi connectivity index (χ0v) is 15.5. The van der Waals surface area contributed by atoms with Crippen LogP contribution < -0.4 is 0 Å². The Morgan fingerprint density at radius 1 is 1.16 bits per heavy atom. The lowest BCUT2D eigenvalue weighted by Crippen LogP contribution is -2.53. The van der Waals surface area contributed by atoms with Crippen molar-refractivity contribution in [2.75, 3.05) is 39.9 Å². The maximum atomic E-state index is 5.25. The van der Waals surface area contributed by atoms with Gasteiger partial charge in [-0.15, -0.1) is 0 Å². The van der Waals surface area contributed by atoms with Crippen molar-refractivity contribution in [3.05, 3.63) is 54.1 Å². The number of aromatic nitrogens is 2. The van der Waals surface area contributed by atoms with E-state index in [0.29, 0.717) is 6.04 Å². The third-order valence-corrected chi connectivity index (χ3v) is 5.11. The number of rotatable bonds is 8. The van der Waals surface area contributed by atoms with Gasteiger partial charge in [0.05, 0.1) is 13.2 Å². The first-order chi connectivity index (χ1) is 12.3. The van der Waals surface area contributed by atoms with E-state index in [4.69, 9.17) is 4.74 Å². The molecule has 1 saturated heterocycles. The molecule has 0 N–H and O–H groups in total. The molecular weight excluding hydrogens is 312 g/mol. The van der Waals surface area contributed by atoms with Gasteiger partial charge in [-0.2, -0.15) is 0 Å². The fourth-order valence-corrected chi connectivity index (χ4v) is 3.61. The van der Waals surface area contributed by atoms with Crippen LogP contribution in [0.3, 0.4) is 0 Å². The Labute approximate surface area is 151 Å². The average molecular weight is 342 g/mol. The molecule has 25 heavy (non-hydrogen) atoms. The smallest absolute Gasteiger partial charge is 0.123 e. The maximum Gasteiger partial charge on any atom is 0.123 e. The highest BCUT2D eigenvalue weighted by molar-refractivity contribution is 5.15. The Morgan fingerprint density at radius 2 is 2.00 bits per heavy atom. The molecule has 2 aromatic rings. The first kappa shape index (κ1) is 18.1. The van der Waals surface area contributed by atoms with Gasteiger partial charge in [-0.25, -0.2) is 4.98 Å². The minimum atomic E-state index is 0.612. The van der Waals surface area contributed by atoms with Crippen molar-refractivity contribution in [1.29, 1.82) is 0 Å². The van der Waals surface area contributed by atoms with Crippen LogP contribution in [0, 0.1) is 0 Å². The zero-order chi connectivity index (χ0) is 17.5. The van der Waals surface area contributed by atoms with Gasteiger partial charge in [-0.05, 0) is 12.0 Å². The molecule has 0 radical (unpaired) electrons. The van der Waals surface area contributed by atoms with Crippen LogP contribution in [0.5, 0.6) is 0 Å². The van der Waals surface area contributed by atoms with Gasteiger partial charge in [0, 0.05) is 58.3 Å². The van der Waals surface area contributed by atoms with Crippen molar-refractivity contribution in [1.82, 2.24) is 19.4 Å². The summed E-state index contributed by atoms with van der Waals surface area (Å²) < 4.78 is 7.52. The van der Waals surface area contributed by atoms with Crippen LogP contribution in [-0.4, -0.2) is 65.3 Å². The molecule has 0 unspecified atom stereocenters. The predicted octanol–water partition coefficient (Wildman–Crippen LogP) is 2.47. The zero-order valence-electron chi connectivity index (χ0n) is 15.5. The first-order valence-electron chi connectivity index (χ1n) is 9.29. The average Bonchev–Trinajstić information content (AvgIpc) is 3.08. The second-order valence-corrected chi connectivity index (χ2v) is 6.78. The quantitative estimate of drug-likeness (QED) is 0.738. The SMILES string of the molecule is CC[C@H]1CN(Cc2nccn2Cc2ccccc2)CCN1CCOC. The summed E-state index contributed by atoms with van der Waals surface area (Å²) in [6.07, 6.45) is 5.19. The van der Waals surface area contributed by atoms with Crippen LogP contribution >= 0.6 is 0 Å². The number of ether oxygens (including phenoxy) is 1. The molecular formula is C20H30N4O. The van der Waals surface area contributed by atoms with Gasteiger partial charge >= 0.3 is 0 Å². The molecule has 1 atom stereocenters. The Hall–Kier alpha value is -1.69. The Bertz CT molecular complexity index is 628. The van der Waals surface area contributed by atoms with E-state index in [0.717, 1.165) is 51.7 Å². The molecule has 5 heteroatoms. The molecule has 0 saturated carbocycles. The van der Waals surface area contributed by atoms with E-state index in [1.165, 1.54) is 12.0 Å². The molecule has 3 rings (SSSR count). The van der Waals surface area contributed by atoms with Gasteiger partial charge in [0.25, 0.3) is 0 Å². The van der Waals surface area contributed by atoms with Gasteiger partial charge < -0.3 is 9.30 Å². The summed E-state index contributed by atoms with van der Waals surface area (Å²) in [5, 5.41) is 0. The van der Waals surface area contributed by atoms with E-state index < -0.39 is 0 Å². The molecule has 136 valence electrons. The van der Waals surface area contributed by atoms with E-state index in [-0.39, 0.29) is 0 Å². The summed E-state index contributed by atoms with van der Waals surface area (Å²) >= 11 is 0. The van der Waals surface area contributed by atoms with Crippen molar-refractivity contribution >= 4 is 0 Å². The Kier molecular flexibility index (Phi) is 6.62. The second kappa shape index (κ2) is 9.13. The third kappa shape index (κ3) is 4.91. The van der Waals surface area contributed by atoms with Crippen molar-refractivity contribution < 1.29 is 4.74 Å². The highest BCUT2D eigenvalue weighted by Crippen LogP contribution is 2.15. The fourth-order valence-electron chi connectivity index (χ4n) is 3.61. The van der Waals surface area contributed by atoms with Crippen LogP contribution in [0.15, 0.2) is 42.7 Å². The van der Waals surface area contributed by atoms with Crippen LogP contribution in [0.1, 0.15) is 24.7 Å². The summed E-state index contributed by atoms with van der Waals surface area (Å²) in [5.41, 5.74) is 1.32. The molecule has 0 spiro atoms. The predicted molar refractivity (Wildman–Crippen MR) is 101 cm³/mol. The molecule has 5 nitrogen and oxygen atoms in total. The summed E-state index contributed by atoms with van der Waals surface area (Å²) in [5.74, 6) is 1.16. The van der Waals surface area contributed by atoms with E-state index in [2.05, 4.69) is 62.8 Å². The van der Waals surface area contributed by atoms with Crippen LogP contribution in [0.25, 0.3) is 0 Å². The Balaban J connectivity index is 1.59. The molecule has 1 aliphatic heterocycles. The van der Waals surface area contributed by atoms with Gasteiger partial charge in [-0.3, -0.25) is 9.80 Å². The van der Waals surface area contributed by atoms with Gasteiger partial charge in [0.2, 0.25) is 0 Å². The van der Waals surface area contributed by atoms with E-state index in [1.54, 1.807) is 7.11 Å². The third-order valence-electron chi connectivity index (χ3n) is 5.11. The highest BCUT2D eigenvalue weighted by atomic mass is 16.5. The van der Waals surface area contributed by atoms with E-state index in [9.17, 15) is 0 Å². The van der Waals surface area contributed by atoms with Crippen molar-refractivity contribution in [3.8, 4) is 0 Å². The van der Waals surface area contributed by atoms with Crippen molar-refractivity contribution in [3.63, 3.8) is 0 Å². The largest absolute Gasteiger partial charge is 0.383 e. The monoisotopic (exact) mass is 342 g/mol. The van der Waals surface area contributed by atoms with Crippen LogP contribution in [-0.2, 0) is 17.8 Å². The standard InChI is InChI=1S/C20H30N4O/c1-3-19-16-22(11-12-23(19)13-14-25-2)17-20-21-9-10-24(20)15-18-7-5-4-6-8-18/h4-10,19H,3,11-17H2,1-2H3/t19-/m0/s1. The lowest BCUT2D eigenvalue weighted by atomic mass is 10.1.